The Morgan fingerprint density at radius 1 is 0.967 bits per heavy atom. The van der Waals surface area contributed by atoms with Gasteiger partial charge in [0.25, 0.3) is 0 Å². The number of thioether (sulfide) groups is 1. The van der Waals surface area contributed by atoms with E-state index in [1.165, 1.54) is 21.9 Å². The second-order valence-corrected chi connectivity index (χ2v) is 9.01. The minimum absolute atomic E-state index is 0.908. The van der Waals surface area contributed by atoms with Gasteiger partial charge < -0.3 is 15.1 Å². The largest absolute Gasteiger partial charge is 0.354 e. The predicted molar refractivity (Wildman–Crippen MR) is 131 cm³/mol. The molecule has 1 N–H and O–H groups in total. The molecule has 30 heavy (non-hydrogen) atoms. The maximum Gasteiger partial charge on any atom is 0.137 e. The molecule has 0 aliphatic carbocycles. The van der Waals surface area contributed by atoms with E-state index in [1.54, 1.807) is 0 Å². The van der Waals surface area contributed by atoms with Crippen LogP contribution in [0.15, 0.2) is 54.6 Å². The number of nitrogens with one attached hydrogen (secondary N) is 1. The van der Waals surface area contributed by atoms with Crippen LogP contribution in [-0.2, 0) is 6.54 Å². The van der Waals surface area contributed by atoms with Gasteiger partial charge in [-0.15, -0.1) is 11.8 Å². The number of hydrogen-bond acceptors (Lipinski definition) is 5. The van der Waals surface area contributed by atoms with Crippen molar-refractivity contribution in [3.8, 4) is 11.3 Å². The average molecular weight is 421 g/mol. The lowest BCUT2D eigenvalue weighted by Crippen LogP contribution is -2.46. The number of likely N-dealkylation sites (N-methyl/N-ethyl adjacent to an activating group) is 1. The molecule has 5 heteroatoms. The van der Waals surface area contributed by atoms with Gasteiger partial charge in [0, 0.05) is 49.6 Å². The number of rotatable bonds is 8. The first-order chi connectivity index (χ1) is 14.8. The van der Waals surface area contributed by atoms with Gasteiger partial charge in [-0.1, -0.05) is 62.4 Å². The Hall–Kier alpha value is -2.08. The van der Waals surface area contributed by atoms with Crippen LogP contribution in [0, 0.1) is 0 Å². The summed E-state index contributed by atoms with van der Waals surface area (Å²) in [5.74, 6) is 3.27. The fourth-order valence-electron chi connectivity index (χ4n) is 4.01. The molecule has 158 valence electrons. The topological polar surface area (TPSA) is 31.4 Å². The lowest BCUT2D eigenvalue weighted by molar-refractivity contribution is 0.271. The molecule has 0 unspecified atom stereocenters. The van der Waals surface area contributed by atoms with Crippen molar-refractivity contribution in [1.82, 2.24) is 15.2 Å². The maximum absolute atomic E-state index is 5.15. The van der Waals surface area contributed by atoms with Crippen LogP contribution in [0.5, 0.6) is 0 Å². The number of anilines is 1. The second-order valence-electron chi connectivity index (χ2n) is 7.73. The highest BCUT2D eigenvalue weighted by atomic mass is 32.2. The SMILES string of the molecule is CCSCNCc1ccc(-c2cc3ccccc3c(N3CCN(CC)CC3)n2)cc1. The molecule has 0 spiro atoms. The third-order valence-electron chi connectivity index (χ3n) is 5.83. The number of nitrogens with zero attached hydrogens (tertiary/aromatic N) is 3. The van der Waals surface area contributed by atoms with Gasteiger partial charge in [-0.3, -0.25) is 0 Å². The molecule has 4 rings (SSSR count). The zero-order valence-electron chi connectivity index (χ0n) is 18.1. The molecular formula is C25H32N4S. The van der Waals surface area contributed by atoms with Crippen LogP contribution in [0.2, 0.25) is 0 Å². The summed E-state index contributed by atoms with van der Waals surface area (Å²) >= 11 is 1.92. The maximum atomic E-state index is 5.15. The number of aromatic nitrogens is 1. The van der Waals surface area contributed by atoms with E-state index >= 15 is 0 Å². The summed E-state index contributed by atoms with van der Waals surface area (Å²) in [7, 11) is 0. The van der Waals surface area contributed by atoms with Crippen molar-refractivity contribution in [3.05, 3.63) is 60.2 Å². The van der Waals surface area contributed by atoms with Crippen LogP contribution < -0.4 is 10.2 Å². The number of hydrogen-bond donors (Lipinski definition) is 1. The summed E-state index contributed by atoms with van der Waals surface area (Å²) in [4.78, 5) is 10.1. The van der Waals surface area contributed by atoms with Gasteiger partial charge >= 0.3 is 0 Å². The van der Waals surface area contributed by atoms with Crippen molar-refractivity contribution in [1.29, 1.82) is 0 Å². The summed E-state index contributed by atoms with van der Waals surface area (Å²) in [5.41, 5.74) is 3.55. The molecule has 0 saturated carbocycles. The zero-order valence-corrected chi connectivity index (χ0v) is 18.9. The van der Waals surface area contributed by atoms with Gasteiger partial charge in [-0.25, -0.2) is 4.98 Å². The Kier molecular flexibility index (Phi) is 7.26. The second kappa shape index (κ2) is 10.3. The Labute approximate surface area is 184 Å². The molecule has 1 aromatic heterocycles. The van der Waals surface area contributed by atoms with Crippen LogP contribution in [0.1, 0.15) is 19.4 Å². The molecule has 1 fully saturated rings. The fraction of sp³-hybridized carbons (Fsp3) is 0.400. The monoisotopic (exact) mass is 420 g/mol. The molecule has 2 aromatic carbocycles. The van der Waals surface area contributed by atoms with Crippen molar-refractivity contribution < 1.29 is 0 Å². The third kappa shape index (κ3) is 4.97. The van der Waals surface area contributed by atoms with Crippen LogP contribution in [0.4, 0.5) is 5.82 Å². The molecule has 0 bridgehead atoms. The minimum Gasteiger partial charge on any atom is -0.354 e. The van der Waals surface area contributed by atoms with E-state index in [1.807, 2.05) is 11.8 Å². The van der Waals surface area contributed by atoms with E-state index < -0.39 is 0 Å². The van der Waals surface area contributed by atoms with Gasteiger partial charge in [0.05, 0.1) is 5.69 Å². The first kappa shape index (κ1) is 21.2. The van der Waals surface area contributed by atoms with Gasteiger partial charge in [-0.05, 0) is 29.3 Å². The highest BCUT2D eigenvalue weighted by molar-refractivity contribution is 7.99. The van der Waals surface area contributed by atoms with Crippen molar-refractivity contribution in [2.75, 3.05) is 49.3 Å². The summed E-state index contributed by atoms with van der Waals surface area (Å²) in [5, 5.41) is 6.00. The van der Waals surface area contributed by atoms with Crippen molar-refractivity contribution in [2.24, 2.45) is 0 Å². The van der Waals surface area contributed by atoms with Crippen LogP contribution in [0.25, 0.3) is 22.0 Å². The Balaban J connectivity index is 1.59. The van der Waals surface area contributed by atoms with Crippen molar-refractivity contribution >= 4 is 28.4 Å². The van der Waals surface area contributed by atoms with E-state index in [-0.39, 0.29) is 0 Å². The third-order valence-corrected chi connectivity index (χ3v) is 6.64. The van der Waals surface area contributed by atoms with Gasteiger partial charge in [0.15, 0.2) is 0 Å². The molecule has 1 saturated heterocycles. The number of piperazine rings is 1. The van der Waals surface area contributed by atoms with Crippen LogP contribution >= 0.6 is 11.8 Å². The number of fused-ring (bicyclic) bond motifs is 1. The van der Waals surface area contributed by atoms with E-state index in [0.29, 0.717) is 0 Å². The Morgan fingerprint density at radius 3 is 2.47 bits per heavy atom. The lowest BCUT2D eigenvalue weighted by Gasteiger charge is -2.35. The Bertz CT molecular complexity index is 949. The minimum atomic E-state index is 0.908. The molecule has 2 heterocycles. The zero-order chi connectivity index (χ0) is 20.8. The van der Waals surface area contributed by atoms with Crippen LogP contribution in [-0.4, -0.2) is 54.2 Å². The van der Waals surface area contributed by atoms with Gasteiger partial charge in [0.2, 0.25) is 0 Å². The number of pyridine rings is 1. The normalized spacial score (nSPS) is 15.1. The quantitative estimate of drug-likeness (QED) is 0.416. The molecule has 3 aromatic rings. The smallest absolute Gasteiger partial charge is 0.137 e. The highest BCUT2D eigenvalue weighted by Gasteiger charge is 2.19. The molecule has 1 aliphatic rings. The van der Waals surface area contributed by atoms with Crippen molar-refractivity contribution in [2.45, 2.75) is 20.4 Å². The molecule has 0 radical (unpaired) electrons. The Morgan fingerprint density at radius 2 is 1.73 bits per heavy atom. The lowest BCUT2D eigenvalue weighted by atomic mass is 10.0. The predicted octanol–water partition coefficient (Wildman–Crippen LogP) is 4.84. The molecule has 0 amide bonds. The number of benzene rings is 2. The average Bonchev–Trinajstić information content (AvgIpc) is 2.81. The fourth-order valence-corrected chi connectivity index (χ4v) is 4.46. The van der Waals surface area contributed by atoms with Crippen molar-refractivity contribution in [3.63, 3.8) is 0 Å². The van der Waals surface area contributed by atoms with E-state index in [9.17, 15) is 0 Å². The summed E-state index contributed by atoms with van der Waals surface area (Å²) in [6, 6.07) is 19.7. The van der Waals surface area contributed by atoms with Crippen LogP contribution in [0.3, 0.4) is 0 Å². The molecule has 4 nitrogen and oxygen atoms in total. The highest BCUT2D eigenvalue weighted by Crippen LogP contribution is 2.30. The molecular weight excluding hydrogens is 388 g/mol. The summed E-state index contributed by atoms with van der Waals surface area (Å²) in [6.07, 6.45) is 0. The van der Waals surface area contributed by atoms with E-state index in [4.69, 9.17) is 4.98 Å². The van der Waals surface area contributed by atoms with E-state index in [0.717, 1.165) is 62.4 Å². The van der Waals surface area contributed by atoms with E-state index in [2.05, 4.69) is 83.6 Å². The van der Waals surface area contributed by atoms with Gasteiger partial charge in [0.1, 0.15) is 5.82 Å². The van der Waals surface area contributed by atoms with Gasteiger partial charge in [-0.2, -0.15) is 0 Å². The molecule has 1 aliphatic heterocycles. The molecule has 0 atom stereocenters. The summed E-state index contributed by atoms with van der Waals surface area (Å²) in [6.45, 7) is 10.8. The first-order valence-corrected chi connectivity index (χ1v) is 12.2. The standard InChI is InChI=1S/C25H32N4S/c1-3-28-13-15-29(16-14-28)25-23-8-6-5-7-22(23)17-24(27-25)21-11-9-20(10-12-21)18-26-19-30-4-2/h5-12,17,26H,3-4,13-16,18-19H2,1-2H3. The first-order valence-electron chi connectivity index (χ1n) is 11.0. The summed E-state index contributed by atoms with van der Waals surface area (Å²) < 4.78 is 0.